The Morgan fingerprint density at radius 2 is 2.40 bits per heavy atom. The second-order valence-electron chi connectivity index (χ2n) is 4.46. The van der Waals surface area contributed by atoms with Crippen LogP contribution in [0.3, 0.4) is 0 Å². The Morgan fingerprint density at radius 3 is 3.25 bits per heavy atom. The molecule has 3 rings (SSSR count). The third-order valence-electron chi connectivity index (χ3n) is 2.99. The Kier molecular flexibility index (Phi) is 4.00. The fraction of sp³-hybridized carbons (Fsp3) is 0.267. The van der Waals surface area contributed by atoms with E-state index in [9.17, 15) is 0 Å². The molecular formula is C15H16N2OS2. The number of hydrogen-bond acceptors (Lipinski definition) is 5. The fourth-order valence-corrected chi connectivity index (χ4v) is 3.98. The van der Waals surface area contributed by atoms with Gasteiger partial charge in [0.2, 0.25) is 0 Å². The maximum atomic E-state index is 5.93. The minimum absolute atomic E-state index is 0.655. The molecule has 3 nitrogen and oxygen atoms in total. The van der Waals surface area contributed by atoms with E-state index < -0.39 is 0 Å². The predicted molar refractivity (Wildman–Crippen MR) is 88.3 cm³/mol. The summed E-state index contributed by atoms with van der Waals surface area (Å²) in [6, 6.07) is 4.23. The van der Waals surface area contributed by atoms with Crippen LogP contribution >= 0.6 is 22.7 Å². The Hall–Kier alpha value is -1.43. The molecule has 104 valence electrons. The third kappa shape index (κ3) is 2.57. The zero-order valence-electron chi connectivity index (χ0n) is 11.3. The molecule has 0 fully saturated rings. The van der Waals surface area contributed by atoms with Crippen molar-refractivity contribution in [3.05, 3.63) is 35.2 Å². The number of thiophene rings is 1. The van der Waals surface area contributed by atoms with E-state index in [2.05, 4.69) is 34.4 Å². The number of fused-ring (bicyclic) bond motifs is 3. The second-order valence-corrected chi connectivity index (χ2v) is 6.61. The van der Waals surface area contributed by atoms with Crippen LogP contribution in [-0.2, 0) is 0 Å². The number of aryl methyl sites for hydroxylation is 1. The SMILES string of the molecule is C=CCNCCOc1cc2sc(C)nc2c2sccc12. The lowest BCUT2D eigenvalue weighted by atomic mass is 10.2. The van der Waals surface area contributed by atoms with Crippen molar-refractivity contribution in [1.82, 2.24) is 10.3 Å². The zero-order valence-corrected chi connectivity index (χ0v) is 12.9. The first-order valence-electron chi connectivity index (χ1n) is 6.51. The summed E-state index contributed by atoms with van der Waals surface area (Å²) in [7, 11) is 0. The quantitative estimate of drug-likeness (QED) is 0.552. The maximum absolute atomic E-state index is 5.93. The second kappa shape index (κ2) is 5.91. The average molecular weight is 304 g/mol. The molecule has 0 saturated carbocycles. The van der Waals surface area contributed by atoms with E-state index in [1.165, 1.54) is 9.40 Å². The summed E-state index contributed by atoms with van der Waals surface area (Å²) < 4.78 is 8.35. The van der Waals surface area contributed by atoms with Crippen LogP contribution in [0.15, 0.2) is 30.2 Å². The monoisotopic (exact) mass is 304 g/mol. The van der Waals surface area contributed by atoms with Crippen LogP contribution in [0, 0.1) is 6.92 Å². The molecular weight excluding hydrogens is 288 g/mol. The van der Waals surface area contributed by atoms with Crippen LogP contribution in [0.2, 0.25) is 0 Å². The van der Waals surface area contributed by atoms with E-state index >= 15 is 0 Å². The molecule has 1 N–H and O–H groups in total. The molecule has 0 atom stereocenters. The number of nitrogens with zero attached hydrogens (tertiary/aromatic N) is 1. The maximum Gasteiger partial charge on any atom is 0.129 e. The lowest BCUT2D eigenvalue weighted by Crippen LogP contribution is -2.20. The first-order valence-corrected chi connectivity index (χ1v) is 8.21. The molecule has 0 aliphatic carbocycles. The van der Waals surface area contributed by atoms with Crippen LogP contribution < -0.4 is 10.1 Å². The molecule has 5 heteroatoms. The van der Waals surface area contributed by atoms with Crippen LogP contribution in [0.25, 0.3) is 20.3 Å². The lowest BCUT2D eigenvalue weighted by Gasteiger charge is -2.08. The molecule has 0 saturated heterocycles. The standard InChI is InChI=1S/C15H16N2OS2/c1-3-5-16-6-7-18-12-9-13-14(17-10(2)20-13)15-11(12)4-8-19-15/h3-4,8-9,16H,1,5-7H2,2H3. The van der Waals surface area contributed by atoms with Gasteiger partial charge in [-0.05, 0) is 18.4 Å². The van der Waals surface area contributed by atoms with Gasteiger partial charge < -0.3 is 10.1 Å². The van der Waals surface area contributed by atoms with Gasteiger partial charge in [-0.1, -0.05) is 6.08 Å². The van der Waals surface area contributed by atoms with Gasteiger partial charge in [-0.25, -0.2) is 4.98 Å². The van der Waals surface area contributed by atoms with Crippen molar-refractivity contribution < 1.29 is 4.74 Å². The molecule has 0 amide bonds. The zero-order chi connectivity index (χ0) is 13.9. The molecule has 0 aliphatic heterocycles. The first kappa shape index (κ1) is 13.5. The molecule has 2 heterocycles. The highest BCUT2D eigenvalue weighted by Gasteiger charge is 2.12. The minimum atomic E-state index is 0.655. The van der Waals surface area contributed by atoms with Gasteiger partial charge in [0.05, 0.1) is 19.9 Å². The number of rotatable bonds is 6. The molecule has 0 unspecified atom stereocenters. The van der Waals surface area contributed by atoms with Crippen molar-refractivity contribution in [2.45, 2.75) is 6.92 Å². The van der Waals surface area contributed by atoms with Gasteiger partial charge in [0, 0.05) is 24.5 Å². The van der Waals surface area contributed by atoms with E-state index in [0.717, 1.165) is 34.7 Å². The average Bonchev–Trinajstić information content (AvgIpc) is 3.03. The van der Waals surface area contributed by atoms with E-state index in [1.807, 2.05) is 13.0 Å². The van der Waals surface area contributed by atoms with Crippen molar-refractivity contribution in [3.63, 3.8) is 0 Å². The minimum Gasteiger partial charge on any atom is -0.492 e. The van der Waals surface area contributed by atoms with Gasteiger partial charge >= 0.3 is 0 Å². The van der Waals surface area contributed by atoms with E-state index in [0.29, 0.717) is 6.61 Å². The smallest absolute Gasteiger partial charge is 0.129 e. The summed E-state index contributed by atoms with van der Waals surface area (Å²) in [5.41, 5.74) is 1.11. The van der Waals surface area contributed by atoms with Crippen molar-refractivity contribution in [1.29, 1.82) is 0 Å². The highest BCUT2D eigenvalue weighted by molar-refractivity contribution is 7.21. The number of thiazole rings is 1. The number of hydrogen-bond donors (Lipinski definition) is 1. The van der Waals surface area contributed by atoms with Gasteiger partial charge in [-0.3, -0.25) is 0 Å². The predicted octanol–water partition coefficient (Wildman–Crippen LogP) is 3.97. The summed E-state index contributed by atoms with van der Waals surface area (Å²) in [6.07, 6.45) is 1.85. The molecule has 0 aliphatic rings. The highest BCUT2D eigenvalue weighted by Crippen LogP contribution is 2.38. The number of benzene rings is 1. The van der Waals surface area contributed by atoms with Crippen LogP contribution in [0.1, 0.15) is 5.01 Å². The van der Waals surface area contributed by atoms with E-state index in [4.69, 9.17) is 4.74 Å². The highest BCUT2D eigenvalue weighted by atomic mass is 32.1. The Balaban J connectivity index is 1.88. The molecule has 0 spiro atoms. The summed E-state index contributed by atoms with van der Waals surface area (Å²) in [6.45, 7) is 8.01. The topological polar surface area (TPSA) is 34.1 Å². The Labute approximate surface area is 125 Å². The van der Waals surface area contributed by atoms with Gasteiger partial charge in [0.25, 0.3) is 0 Å². The lowest BCUT2D eigenvalue weighted by molar-refractivity contribution is 0.320. The Bertz CT molecular complexity index is 745. The van der Waals surface area contributed by atoms with Crippen molar-refractivity contribution in [3.8, 4) is 5.75 Å². The molecule has 20 heavy (non-hydrogen) atoms. The van der Waals surface area contributed by atoms with Crippen molar-refractivity contribution >= 4 is 43.0 Å². The van der Waals surface area contributed by atoms with Crippen LogP contribution in [0.5, 0.6) is 5.75 Å². The Morgan fingerprint density at radius 1 is 1.50 bits per heavy atom. The van der Waals surface area contributed by atoms with Crippen molar-refractivity contribution in [2.75, 3.05) is 19.7 Å². The van der Waals surface area contributed by atoms with Crippen molar-refractivity contribution in [2.24, 2.45) is 0 Å². The van der Waals surface area contributed by atoms with Gasteiger partial charge in [0.1, 0.15) is 12.4 Å². The van der Waals surface area contributed by atoms with Crippen LogP contribution in [0.4, 0.5) is 0 Å². The van der Waals surface area contributed by atoms with Gasteiger partial charge in [-0.2, -0.15) is 0 Å². The molecule has 1 aromatic carbocycles. The van der Waals surface area contributed by atoms with Gasteiger partial charge in [-0.15, -0.1) is 29.3 Å². The first-order chi connectivity index (χ1) is 9.79. The summed E-state index contributed by atoms with van der Waals surface area (Å²) >= 11 is 3.45. The largest absolute Gasteiger partial charge is 0.492 e. The summed E-state index contributed by atoms with van der Waals surface area (Å²) in [5.74, 6) is 0.956. The number of aromatic nitrogens is 1. The molecule has 2 aromatic heterocycles. The normalized spacial score (nSPS) is 11.2. The van der Waals surface area contributed by atoms with E-state index in [1.54, 1.807) is 22.7 Å². The van der Waals surface area contributed by atoms with Crippen LogP contribution in [-0.4, -0.2) is 24.7 Å². The molecule has 0 radical (unpaired) electrons. The third-order valence-corrected chi connectivity index (χ3v) is 4.83. The van der Waals surface area contributed by atoms with Gasteiger partial charge in [0.15, 0.2) is 0 Å². The molecule has 0 bridgehead atoms. The molecule has 3 aromatic rings. The number of ether oxygens (including phenoxy) is 1. The fourth-order valence-electron chi connectivity index (χ4n) is 2.14. The summed E-state index contributed by atoms with van der Waals surface area (Å²) in [4.78, 5) is 4.63. The number of nitrogens with one attached hydrogen (secondary N) is 1. The van der Waals surface area contributed by atoms with E-state index in [-0.39, 0.29) is 0 Å². The summed E-state index contributed by atoms with van der Waals surface area (Å²) in [5, 5.41) is 7.60.